The van der Waals surface area contributed by atoms with Gasteiger partial charge < -0.3 is 14.2 Å². The number of nitrogens with zero attached hydrogens (tertiary/aromatic N) is 2. The predicted octanol–water partition coefficient (Wildman–Crippen LogP) is 4.39. The van der Waals surface area contributed by atoms with E-state index in [4.69, 9.17) is 25.8 Å². The Kier molecular flexibility index (Phi) is 4.32. The summed E-state index contributed by atoms with van der Waals surface area (Å²) >= 11 is 6.24. The molecule has 0 aliphatic heterocycles. The van der Waals surface area contributed by atoms with Crippen molar-refractivity contribution in [2.24, 2.45) is 0 Å². The van der Waals surface area contributed by atoms with Crippen molar-refractivity contribution in [2.45, 2.75) is 18.8 Å². The molecule has 0 spiro atoms. The molecular formula is C20H19ClN2O3. The van der Waals surface area contributed by atoms with E-state index in [1.807, 2.05) is 18.2 Å². The van der Waals surface area contributed by atoms with Gasteiger partial charge in [0.25, 0.3) is 0 Å². The second kappa shape index (κ2) is 6.65. The monoisotopic (exact) mass is 370 g/mol. The maximum atomic E-state index is 6.24. The summed E-state index contributed by atoms with van der Waals surface area (Å²) in [6.45, 7) is 0. The molecule has 3 aromatic rings. The maximum absolute atomic E-state index is 6.24. The van der Waals surface area contributed by atoms with E-state index in [2.05, 4.69) is 16.0 Å². The molecule has 0 bridgehead atoms. The zero-order valence-electron chi connectivity index (χ0n) is 14.9. The van der Waals surface area contributed by atoms with E-state index in [9.17, 15) is 0 Å². The molecule has 134 valence electrons. The smallest absolute Gasteiger partial charge is 0.205 e. The first-order valence-electron chi connectivity index (χ1n) is 8.39. The molecule has 0 saturated carbocycles. The van der Waals surface area contributed by atoms with Crippen LogP contribution in [0.5, 0.6) is 17.2 Å². The van der Waals surface area contributed by atoms with Gasteiger partial charge in [0.05, 0.1) is 27.0 Å². The van der Waals surface area contributed by atoms with Gasteiger partial charge in [-0.15, -0.1) is 0 Å². The molecule has 5 nitrogen and oxygen atoms in total. The third kappa shape index (κ3) is 2.54. The van der Waals surface area contributed by atoms with Crippen LogP contribution in [0.4, 0.5) is 0 Å². The van der Waals surface area contributed by atoms with E-state index >= 15 is 0 Å². The predicted molar refractivity (Wildman–Crippen MR) is 101 cm³/mol. The highest BCUT2D eigenvalue weighted by molar-refractivity contribution is 6.30. The third-order valence-electron chi connectivity index (χ3n) is 4.98. The van der Waals surface area contributed by atoms with Gasteiger partial charge in [-0.1, -0.05) is 17.7 Å². The number of halogens is 1. The second-order valence-corrected chi connectivity index (χ2v) is 6.67. The van der Waals surface area contributed by atoms with Crippen LogP contribution in [0.2, 0.25) is 5.02 Å². The minimum Gasteiger partial charge on any atom is -0.493 e. The zero-order valence-corrected chi connectivity index (χ0v) is 15.6. The lowest BCUT2D eigenvalue weighted by Crippen LogP contribution is -2.04. The highest BCUT2D eigenvalue weighted by Crippen LogP contribution is 2.46. The Bertz CT molecular complexity index is 990. The first-order valence-corrected chi connectivity index (χ1v) is 8.77. The molecule has 4 rings (SSSR count). The molecule has 26 heavy (non-hydrogen) atoms. The van der Waals surface area contributed by atoms with Crippen LogP contribution in [0.15, 0.2) is 30.6 Å². The molecule has 1 atom stereocenters. The Labute approximate surface area is 156 Å². The summed E-state index contributed by atoms with van der Waals surface area (Å²) in [7, 11) is 4.80. The van der Waals surface area contributed by atoms with E-state index < -0.39 is 0 Å². The van der Waals surface area contributed by atoms with Gasteiger partial charge in [-0.25, -0.2) is 9.97 Å². The summed E-state index contributed by atoms with van der Waals surface area (Å²) in [5.41, 5.74) is 4.21. The summed E-state index contributed by atoms with van der Waals surface area (Å²) in [6.07, 6.45) is 3.57. The first kappa shape index (κ1) is 16.9. The summed E-state index contributed by atoms with van der Waals surface area (Å²) in [4.78, 5) is 9.06. The van der Waals surface area contributed by atoms with Gasteiger partial charge in [-0.3, -0.25) is 0 Å². The van der Waals surface area contributed by atoms with Crippen LogP contribution >= 0.6 is 11.6 Å². The summed E-state index contributed by atoms with van der Waals surface area (Å²) in [5.74, 6) is 1.84. The highest BCUT2D eigenvalue weighted by Gasteiger charge is 2.29. The number of rotatable bonds is 4. The SMILES string of the molecule is COc1cc2c(C3CCc4ccc(Cl)cc43)ncnc2c(OC)c1OC. The topological polar surface area (TPSA) is 53.5 Å². The Hall–Kier alpha value is -2.53. The number of hydrogen-bond donors (Lipinski definition) is 0. The van der Waals surface area contributed by atoms with Crippen molar-refractivity contribution in [1.82, 2.24) is 9.97 Å². The van der Waals surface area contributed by atoms with Crippen LogP contribution in [0.25, 0.3) is 10.9 Å². The molecule has 1 aliphatic rings. The van der Waals surface area contributed by atoms with E-state index in [0.29, 0.717) is 22.8 Å². The Morgan fingerprint density at radius 1 is 1.00 bits per heavy atom. The molecule has 1 aliphatic carbocycles. The Balaban J connectivity index is 1.97. The molecule has 0 amide bonds. The van der Waals surface area contributed by atoms with E-state index in [0.717, 1.165) is 28.9 Å². The van der Waals surface area contributed by atoms with E-state index in [1.165, 1.54) is 11.1 Å². The zero-order chi connectivity index (χ0) is 18.3. The molecule has 6 heteroatoms. The number of methoxy groups -OCH3 is 3. The number of aromatic nitrogens is 2. The normalized spacial score (nSPS) is 15.8. The largest absolute Gasteiger partial charge is 0.493 e. The van der Waals surface area contributed by atoms with Crippen molar-refractivity contribution in [2.75, 3.05) is 21.3 Å². The van der Waals surface area contributed by atoms with Crippen molar-refractivity contribution in [3.8, 4) is 17.2 Å². The van der Waals surface area contributed by atoms with Crippen LogP contribution in [0.3, 0.4) is 0 Å². The lowest BCUT2D eigenvalue weighted by Gasteiger charge is -2.18. The average Bonchev–Trinajstić information content (AvgIpc) is 3.08. The molecular weight excluding hydrogens is 352 g/mol. The summed E-state index contributed by atoms with van der Waals surface area (Å²) in [6, 6.07) is 8.01. The molecule has 0 radical (unpaired) electrons. The molecule has 1 aromatic heterocycles. The van der Waals surface area contributed by atoms with E-state index in [-0.39, 0.29) is 5.92 Å². The maximum Gasteiger partial charge on any atom is 0.205 e. The van der Waals surface area contributed by atoms with E-state index in [1.54, 1.807) is 27.7 Å². The molecule has 0 saturated heterocycles. The number of benzene rings is 2. The van der Waals surface area contributed by atoms with Gasteiger partial charge >= 0.3 is 0 Å². The van der Waals surface area contributed by atoms with Gasteiger partial charge in [0.2, 0.25) is 5.75 Å². The Morgan fingerprint density at radius 2 is 1.81 bits per heavy atom. The molecule has 0 fully saturated rings. The van der Waals surface area contributed by atoms with Crippen LogP contribution in [0.1, 0.15) is 29.2 Å². The molecule has 1 unspecified atom stereocenters. The van der Waals surface area contributed by atoms with Gasteiger partial charge in [0, 0.05) is 16.3 Å². The quantitative estimate of drug-likeness (QED) is 0.681. The van der Waals surface area contributed by atoms with Crippen molar-refractivity contribution in [1.29, 1.82) is 0 Å². The van der Waals surface area contributed by atoms with Crippen molar-refractivity contribution in [3.63, 3.8) is 0 Å². The molecule has 0 N–H and O–H groups in total. The van der Waals surface area contributed by atoms with Crippen molar-refractivity contribution < 1.29 is 14.2 Å². The van der Waals surface area contributed by atoms with Crippen LogP contribution in [-0.4, -0.2) is 31.3 Å². The standard InChI is InChI=1S/C20H19ClN2O3/c1-24-16-9-15-17(13-7-5-11-4-6-12(21)8-14(11)13)22-10-23-18(15)20(26-3)19(16)25-2/h4,6,8-10,13H,5,7H2,1-3H3. The number of aryl methyl sites for hydroxylation is 1. The molecule has 1 heterocycles. The van der Waals surface area contributed by atoms with Crippen LogP contribution in [-0.2, 0) is 6.42 Å². The first-order chi connectivity index (χ1) is 12.7. The van der Waals surface area contributed by atoms with Crippen molar-refractivity contribution >= 4 is 22.5 Å². The second-order valence-electron chi connectivity index (χ2n) is 6.23. The van der Waals surface area contributed by atoms with Gasteiger partial charge in [-0.2, -0.15) is 0 Å². The Morgan fingerprint density at radius 3 is 2.54 bits per heavy atom. The van der Waals surface area contributed by atoms with Crippen LogP contribution < -0.4 is 14.2 Å². The summed E-state index contributed by atoms with van der Waals surface area (Å²) < 4.78 is 16.6. The molecule has 2 aromatic carbocycles. The number of ether oxygens (including phenoxy) is 3. The van der Waals surface area contributed by atoms with Gasteiger partial charge in [0.15, 0.2) is 11.5 Å². The lowest BCUT2D eigenvalue weighted by molar-refractivity contribution is 0.326. The number of fused-ring (bicyclic) bond motifs is 2. The third-order valence-corrected chi connectivity index (χ3v) is 5.21. The average molecular weight is 371 g/mol. The minimum atomic E-state index is 0.164. The van der Waals surface area contributed by atoms with Crippen LogP contribution in [0, 0.1) is 0 Å². The minimum absolute atomic E-state index is 0.164. The van der Waals surface area contributed by atoms with Crippen molar-refractivity contribution in [3.05, 3.63) is 52.4 Å². The fourth-order valence-corrected chi connectivity index (χ4v) is 4.00. The van der Waals surface area contributed by atoms with Gasteiger partial charge in [0.1, 0.15) is 11.8 Å². The van der Waals surface area contributed by atoms with Gasteiger partial charge in [-0.05, 0) is 42.2 Å². The summed E-state index contributed by atoms with van der Waals surface area (Å²) in [5, 5.41) is 1.64. The fraction of sp³-hybridized carbons (Fsp3) is 0.300. The lowest BCUT2D eigenvalue weighted by atomic mass is 9.94. The number of hydrogen-bond acceptors (Lipinski definition) is 5. The highest BCUT2D eigenvalue weighted by atomic mass is 35.5. The fourth-order valence-electron chi connectivity index (χ4n) is 3.82.